The molecular formula is C18H15ClN4O3. The van der Waals surface area contributed by atoms with Crippen molar-refractivity contribution >= 4 is 17.6 Å². The first-order chi connectivity index (χ1) is 12.6. The average molecular weight is 371 g/mol. The summed E-state index contributed by atoms with van der Waals surface area (Å²) in [6.45, 7) is 1.73. The van der Waals surface area contributed by atoms with E-state index >= 15 is 0 Å². The van der Waals surface area contributed by atoms with Crippen LogP contribution in [0.25, 0.3) is 22.8 Å². The molecule has 0 atom stereocenters. The highest BCUT2D eigenvalue weighted by molar-refractivity contribution is 6.30. The number of halogens is 1. The summed E-state index contributed by atoms with van der Waals surface area (Å²) in [5.41, 5.74) is 1.23. The molecule has 0 fully saturated rings. The number of nitrogens with zero attached hydrogens (tertiary/aromatic N) is 4. The molecule has 0 saturated carbocycles. The minimum Gasteiger partial charge on any atom is -0.454 e. The molecule has 7 nitrogen and oxygen atoms in total. The van der Waals surface area contributed by atoms with Gasteiger partial charge in [-0.3, -0.25) is 4.79 Å². The third-order valence-electron chi connectivity index (χ3n) is 3.52. The molecule has 132 valence electrons. The standard InChI is InChI=1S/C18H15ClN4O3/c1-2-3-17(24)25-11-23-21-14(10-20)18(22-23)16-9-8-15(26-16)12-4-6-13(19)7-5-12/h4-9H,2-3,11H2,1H3. The van der Waals surface area contributed by atoms with E-state index < -0.39 is 0 Å². The number of carbonyl (C=O) groups excluding carboxylic acids is 1. The van der Waals surface area contributed by atoms with Gasteiger partial charge in [0.05, 0.1) is 0 Å². The second-order valence-corrected chi connectivity index (χ2v) is 5.88. The van der Waals surface area contributed by atoms with Gasteiger partial charge in [-0.2, -0.15) is 5.26 Å². The minimum absolute atomic E-state index is 0.0912. The van der Waals surface area contributed by atoms with Gasteiger partial charge < -0.3 is 9.15 Å². The summed E-state index contributed by atoms with van der Waals surface area (Å²) in [6, 6.07) is 12.7. The van der Waals surface area contributed by atoms with Crippen molar-refractivity contribution in [3.05, 3.63) is 47.1 Å². The lowest BCUT2D eigenvalue weighted by atomic mass is 10.2. The lowest BCUT2D eigenvalue weighted by Gasteiger charge is -2.01. The van der Waals surface area contributed by atoms with Gasteiger partial charge in [0.25, 0.3) is 0 Å². The number of rotatable bonds is 6. The van der Waals surface area contributed by atoms with Gasteiger partial charge in [0, 0.05) is 17.0 Å². The van der Waals surface area contributed by atoms with Crippen molar-refractivity contribution in [1.29, 1.82) is 5.26 Å². The lowest BCUT2D eigenvalue weighted by molar-refractivity contribution is -0.148. The molecule has 0 unspecified atom stereocenters. The van der Waals surface area contributed by atoms with Crippen molar-refractivity contribution < 1.29 is 13.9 Å². The monoisotopic (exact) mass is 370 g/mol. The van der Waals surface area contributed by atoms with Gasteiger partial charge in [-0.25, -0.2) is 0 Å². The number of nitriles is 1. The van der Waals surface area contributed by atoms with Crippen LogP contribution in [-0.2, 0) is 16.3 Å². The van der Waals surface area contributed by atoms with E-state index in [0.717, 1.165) is 10.4 Å². The molecule has 0 saturated heterocycles. The number of hydrogen-bond donors (Lipinski definition) is 0. The van der Waals surface area contributed by atoms with Gasteiger partial charge in [-0.05, 0) is 42.8 Å². The maximum atomic E-state index is 11.4. The summed E-state index contributed by atoms with van der Waals surface area (Å²) in [4.78, 5) is 12.6. The van der Waals surface area contributed by atoms with Crippen molar-refractivity contribution in [3.8, 4) is 28.8 Å². The minimum atomic E-state index is -0.340. The van der Waals surface area contributed by atoms with Crippen LogP contribution in [0.1, 0.15) is 25.5 Å². The number of carbonyl (C=O) groups is 1. The fourth-order valence-electron chi connectivity index (χ4n) is 2.29. The third-order valence-corrected chi connectivity index (χ3v) is 3.78. The number of furan rings is 1. The maximum absolute atomic E-state index is 11.4. The fraction of sp³-hybridized carbons (Fsp3) is 0.222. The molecule has 3 aromatic rings. The second kappa shape index (κ2) is 7.85. The van der Waals surface area contributed by atoms with E-state index in [9.17, 15) is 10.1 Å². The van der Waals surface area contributed by atoms with Crippen molar-refractivity contribution in [2.75, 3.05) is 0 Å². The van der Waals surface area contributed by atoms with Gasteiger partial charge in [0.1, 0.15) is 11.8 Å². The second-order valence-electron chi connectivity index (χ2n) is 5.45. The quantitative estimate of drug-likeness (QED) is 0.608. The zero-order chi connectivity index (χ0) is 18.5. The van der Waals surface area contributed by atoms with Gasteiger partial charge in [0.2, 0.25) is 6.73 Å². The Bertz CT molecular complexity index is 954. The van der Waals surface area contributed by atoms with E-state index in [2.05, 4.69) is 10.2 Å². The highest BCUT2D eigenvalue weighted by Crippen LogP contribution is 2.29. The van der Waals surface area contributed by atoms with Crippen molar-refractivity contribution in [3.63, 3.8) is 0 Å². The molecular weight excluding hydrogens is 356 g/mol. The highest BCUT2D eigenvalue weighted by atomic mass is 35.5. The highest BCUT2D eigenvalue weighted by Gasteiger charge is 2.17. The molecule has 0 amide bonds. The Hall–Kier alpha value is -3.11. The molecule has 0 aliphatic rings. The van der Waals surface area contributed by atoms with E-state index in [1.165, 1.54) is 0 Å². The molecule has 8 heteroatoms. The summed E-state index contributed by atoms with van der Waals surface area (Å²) in [7, 11) is 0. The normalized spacial score (nSPS) is 10.5. The van der Waals surface area contributed by atoms with Crippen LogP contribution in [0.5, 0.6) is 0 Å². The van der Waals surface area contributed by atoms with E-state index in [0.29, 0.717) is 35.1 Å². The van der Waals surface area contributed by atoms with Crippen LogP contribution in [-0.4, -0.2) is 21.0 Å². The third kappa shape index (κ3) is 3.92. The smallest absolute Gasteiger partial charge is 0.307 e. The van der Waals surface area contributed by atoms with Crippen LogP contribution in [0.15, 0.2) is 40.8 Å². The maximum Gasteiger partial charge on any atom is 0.307 e. The van der Waals surface area contributed by atoms with Gasteiger partial charge in [-0.1, -0.05) is 18.5 Å². The molecule has 2 heterocycles. The molecule has 1 aromatic carbocycles. The SMILES string of the molecule is CCCC(=O)OCn1nc(C#N)c(-c2ccc(-c3ccc(Cl)cc3)o2)n1. The number of aromatic nitrogens is 3. The van der Waals surface area contributed by atoms with Crippen LogP contribution < -0.4 is 0 Å². The number of hydrogen-bond acceptors (Lipinski definition) is 6. The molecule has 0 bridgehead atoms. The zero-order valence-electron chi connectivity index (χ0n) is 14.0. The van der Waals surface area contributed by atoms with E-state index in [-0.39, 0.29) is 18.4 Å². The van der Waals surface area contributed by atoms with E-state index in [1.807, 2.05) is 25.1 Å². The Morgan fingerprint density at radius 1 is 1.23 bits per heavy atom. The van der Waals surface area contributed by atoms with E-state index in [4.69, 9.17) is 20.8 Å². The number of esters is 1. The number of ether oxygens (including phenoxy) is 1. The Kier molecular flexibility index (Phi) is 5.34. The zero-order valence-corrected chi connectivity index (χ0v) is 14.7. The van der Waals surface area contributed by atoms with Crippen LogP contribution >= 0.6 is 11.6 Å². The molecule has 26 heavy (non-hydrogen) atoms. The van der Waals surface area contributed by atoms with Crippen LogP contribution in [0.4, 0.5) is 0 Å². The molecule has 0 aliphatic carbocycles. The molecule has 0 radical (unpaired) electrons. The molecule has 0 aliphatic heterocycles. The first kappa shape index (κ1) is 17.7. The fourth-order valence-corrected chi connectivity index (χ4v) is 2.41. The van der Waals surface area contributed by atoms with Crippen molar-refractivity contribution in [1.82, 2.24) is 15.0 Å². The lowest BCUT2D eigenvalue weighted by Crippen LogP contribution is -2.11. The summed E-state index contributed by atoms with van der Waals surface area (Å²) >= 11 is 5.89. The Labute approximate surface area is 154 Å². The van der Waals surface area contributed by atoms with Crippen LogP contribution in [0, 0.1) is 11.3 Å². The van der Waals surface area contributed by atoms with Gasteiger partial charge in [-0.15, -0.1) is 15.0 Å². The van der Waals surface area contributed by atoms with Crippen LogP contribution in [0.2, 0.25) is 5.02 Å². The first-order valence-electron chi connectivity index (χ1n) is 7.97. The summed E-state index contributed by atoms with van der Waals surface area (Å²) < 4.78 is 10.8. The van der Waals surface area contributed by atoms with Gasteiger partial charge in [0.15, 0.2) is 17.1 Å². The summed E-state index contributed by atoms with van der Waals surface area (Å²) in [5, 5.41) is 18.1. The first-order valence-corrected chi connectivity index (χ1v) is 8.35. The molecule has 2 aromatic heterocycles. The molecule has 0 spiro atoms. The topological polar surface area (TPSA) is 93.9 Å². The van der Waals surface area contributed by atoms with Crippen molar-refractivity contribution in [2.45, 2.75) is 26.5 Å². The predicted molar refractivity (Wildman–Crippen MR) is 93.9 cm³/mol. The predicted octanol–water partition coefficient (Wildman–Crippen LogP) is 4.03. The average Bonchev–Trinajstić information content (AvgIpc) is 3.27. The Morgan fingerprint density at radius 2 is 1.96 bits per heavy atom. The largest absolute Gasteiger partial charge is 0.454 e. The summed E-state index contributed by atoms with van der Waals surface area (Å²) in [5.74, 6) is 0.676. The van der Waals surface area contributed by atoms with E-state index in [1.54, 1.807) is 24.3 Å². The van der Waals surface area contributed by atoms with Crippen molar-refractivity contribution in [2.24, 2.45) is 0 Å². The Morgan fingerprint density at radius 3 is 2.65 bits per heavy atom. The van der Waals surface area contributed by atoms with Gasteiger partial charge >= 0.3 is 5.97 Å². The summed E-state index contributed by atoms with van der Waals surface area (Å²) in [6.07, 6.45) is 1.02. The Balaban J connectivity index is 1.82. The number of benzene rings is 1. The molecule has 0 N–H and O–H groups in total. The van der Waals surface area contributed by atoms with Crippen LogP contribution in [0.3, 0.4) is 0 Å². The molecule has 3 rings (SSSR count).